The minimum atomic E-state index is 0.338. The van der Waals surface area contributed by atoms with Gasteiger partial charge in [-0.25, -0.2) is 0 Å². The van der Waals surface area contributed by atoms with Crippen LogP contribution in [0.25, 0.3) is 0 Å². The molecule has 0 aliphatic carbocycles. The van der Waals surface area contributed by atoms with Crippen molar-refractivity contribution in [1.29, 1.82) is 0 Å². The maximum Gasteiger partial charge on any atom is 0.111 e. The van der Waals surface area contributed by atoms with Crippen LogP contribution in [0.4, 0.5) is 0 Å². The zero-order valence-electron chi connectivity index (χ0n) is 14.3. The molecule has 1 atom stereocenters. The quantitative estimate of drug-likeness (QED) is 0.538. The highest BCUT2D eigenvalue weighted by molar-refractivity contribution is 5.13. The van der Waals surface area contributed by atoms with Crippen LogP contribution in [0.1, 0.15) is 70.3 Å². The Morgan fingerprint density at radius 3 is 2.59 bits per heavy atom. The van der Waals surface area contributed by atoms with Crippen LogP contribution >= 0.6 is 0 Å². The van der Waals surface area contributed by atoms with Gasteiger partial charge in [0.25, 0.3) is 0 Å². The predicted octanol–water partition coefficient (Wildman–Crippen LogP) is 5.38. The number of benzene rings is 1. The summed E-state index contributed by atoms with van der Waals surface area (Å²) in [4.78, 5) is 2.58. The van der Waals surface area contributed by atoms with E-state index >= 15 is 0 Å². The second kappa shape index (κ2) is 10.8. The van der Waals surface area contributed by atoms with E-state index in [2.05, 4.69) is 42.2 Å². The third-order valence-corrected chi connectivity index (χ3v) is 4.64. The molecule has 124 valence electrons. The first kappa shape index (κ1) is 17.5. The van der Waals surface area contributed by atoms with Gasteiger partial charge in [-0.05, 0) is 31.2 Å². The summed E-state index contributed by atoms with van der Waals surface area (Å²) in [7, 11) is 0. The van der Waals surface area contributed by atoms with Crippen molar-refractivity contribution in [1.82, 2.24) is 4.90 Å². The predicted molar refractivity (Wildman–Crippen MR) is 93.8 cm³/mol. The number of piperidine rings is 1. The molecule has 1 fully saturated rings. The van der Waals surface area contributed by atoms with E-state index in [1.807, 2.05) is 0 Å². The second-order valence-electron chi connectivity index (χ2n) is 6.55. The molecule has 0 bridgehead atoms. The summed E-state index contributed by atoms with van der Waals surface area (Å²) < 4.78 is 6.20. The van der Waals surface area contributed by atoms with Gasteiger partial charge in [0.1, 0.15) is 6.23 Å². The Labute approximate surface area is 136 Å². The van der Waals surface area contributed by atoms with Crippen molar-refractivity contribution in [2.75, 3.05) is 13.1 Å². The van der Waals surface area contributed by atoms with Gasteiger partial charge in [0, 0.05) is 13.1 Å². The van der Waals surface area contributed by atoms with E-state index in [1.54, 1.807) is 0 Å². The summed E-state index contributed by atoms with van der Waals surface area (Å²) in [6.45, 7) is 5.46. The van der Waals surface area contributed by atoms with Gasteiger partial charge in [0.2, 0.25) is 0 Å². The van der Waals surface area contributed by atoms with Gasteiger partial charge >= 0.3 is 0 Å². The molecule has 2 rings (SSSR count). The first-order valence-corrected chi connectivity index (χ1v) is 9.29. The van der Waals surface area contributed by atoms with Crippen LogP contribution in [-0.2, 0) is 11.3 Å². The third kappa shape index (κ3) is 6.50. The largest absolute Gasteiger partial charge is 0.358 e. The van der Waals surface area contributed by atoms with Gasteiger partial charge in [-0.1, -0.05) is 69.4 Å². The Kier molecular flexibility index (Phi) is 8.59. The standard InChI is InChI=1S/C20H33NO/c1-2-3-4-5-6-11-16-21-17-12-10-15-20(21)22-18-19-13-8-7-9-14-19/h7-9,13-14,20H,2-6,10-12,15-18H2,1H3. The van der Waals surface area contributed by atoms with Gasteiger partial charge in [-0.3, -0.25) is 4.90 Å². The summed E-state index contributed by atoms with van der Waals surface area (Å²) in [5.74, 6) is 0. The highest BCUT2D eigenvalue weighted by atomic mass is 16.5. The minimum absolute atomic E-state index is 0.338. The van der Waals surface area contributed by atoms with E-state index in [0.717, 1.165) is 6.61 Å². The lowest BCUT2D eigenvalue weighted by molar-refractivity contribution is -0.0884. The van der Waals surface area contributed by atoms with Crippen molar-refractivity contribution in [3.05, 3.63) is 35.9 Å². The normalized spacial score (nSPS) is 19.4. The summed E-state index contributed by atoms with van der Waals surface area (Å²) in [6, 6.07) is 10.6. The van der Waals surface area contributed by atoms with Gasteiger partial charge in [-0.15, -0.1) is 0 Å². The smallest absolute Gasteiger partial charge is 0.111 e. The molecule has 1 saturated heterocycles. The molecule has 0 spiro atoms. The fraction of sp³-hybridized carbons (Fsp3) is 0.700. The molecule has 1 aliphatic rings. The molecular formula is C20H33NO. The Bertz CT molecular complexity index is 379. The number of ether oxygens (including phenoxy) is 1. The maximum absolute atomic E-state index is 6.20. The van der Waals surface area contributed by atoms with Gasteiger partial charge in [-0.2, -0.15) is 0 Å². The van der Waals surface area contributed by atoms with Crippen LogP contribution in [0.2, 0.25) is 0 Å². The molecular weight excluding hydrogens is 270 g/mol. The molecule has 2 heteroatoms. The van der Waals surface area contributed by atoms with Crippen LogP contribution < -0.4 is 0 Å². The number of rotatable bonds is 10. The van der Waals surface area contributed by atoms with Crippen molar-refractivity contribution >= 4 is 0 Å². The first-order chi connectivity index (χ1) is 10.9. The molecule has 1 aromatic rings. The van der Waals surface area contributed by atoms with Crippen LogP contribution in [0.3, 0.4) is 0 Å². The van der Waals surface area contributed by atoms with E-state index in [0.29, 0.717) is 6.23 Å². The Hall–Kier alpha value is -0.860. The lowest BCUT2D eigenvalue weighted by atomic mass is 10.1. The van der Waals surface area contributed by atoms with Crippen LogP contribution in [0.15, 0.2) is 30.3 Å². The Balaban J connectivity index is 1.66. The summed E-state index contributed by atoms with van der Waals surface area (Å²) in [5.41, 5.74) is 1.28. The molecule has 0 radical (unpaired) electrons. The van der Waals surface area contributed by atoms with E-state index in [-0.39, 0.29) is 0 Å². The molecule has 22 heavy (non-hydrogen) atoms. The average Bonchev–Trinajstić information content (AvgIpc) is 2.58. The number of hydrogen-bond donors (Lipinski definition) is 0. The van der Waals surface area contributed by atoms with Gasteiger partial charge in [0.15, 0.2) is 0 Å². The second-order valence-corrected chi connectivity index (χ2v) is 6.55. The Morgan fingerprint density at radius 2 is 1.77 bits per heavy atom. The number of nitrogens with zero attached hydrogens (tertiary/aromatic N) is 1. The SMILES string of the molecule is CCCCCCCCN1CCCCC1OCc1ccccc1. The lowest BCUT2D eigenvalue weighted by Gasteiger charge is -2.35. The topological polar surface area (TPSA) is 12.5 Å². The summed E-state index contributed by atoms with van der Waals surface area (Å²) >= 11 is 0. The highest BCUT2D eigenvalue weighted by Gasteiger charge is 2.22. The van der Waals surface area contributed by atoms with Crippen molar-refractivity contribution in [3.63, 3.8) is 0 Å². The fourth-order valence-electron chi connectivity index (χ4n) is 3.27. The molecule has 0 amide bonds. The van der Waals surface area contributed by atoms with Crippen molar-refractivity contribution < 1.29 is 4.74 Å². The molecule has 0 N–H and O–H groups in total. The fourth-order valence-corrected chi connectivity index (χ4v) is 3.27. The van der Waals surface area contributed by atoms with Crippen LogP contribution in [0.5, 0.6) is 0 Å². The molecule has 0 saturated carbocycles. The van der Waals surface area contributed by atoms with Crippen molar-refractivity contribution in [2.45, 2.75) is 77.5 Å². The lowest BCUT2D eigenvalue weighted by Crippen LogP contribution is -2.41. The number of unbranched alkanes of at least 4 members (excludes halogenated alkanes) is 5. The van der Waals surface area contributed by atoms with Crippen molar-refractivity contribution in [3.8, 4) is 0 Å². The monoisotopic (exact) mass is 303 g/mol. The molecule has 1 unspecified atom stereocenters. The molecule has 1 aromatic carbocycles. The van der Waals surface area contributed by atoms with E-state index < -0.39 is 0 Å². The minimum Gasteiger partial charge on any atom is -0.358 e. The van der Waals surface area contributed by atoms with Crippen molar-refractivity contribution in [2.24, 2.45) is 0 Å². The van der Waals surface area contributed by atoms with E-state index in [9.17, 15) is 0 Å². The summed E-state index contributed by atoms with van der Waals surface area (Å²) in [6.07, 6.45) is 12.4. The zero-order chi connectivity index (χ0) is 15.5. The molecule has 1 aliphatic heterocycles. The molecule has 1 heterocycles. The number of hydrogen-bond acceptors (Lipinski definition) is 2. The maximum atomic E-state index is 6.20. The highest BCUT2D eigenvalue weighted by Crippen LogP contribution is 2.20. The van der Waals surface area contributed by atoms with E-state index in [1.165, 1.54) is 76.4 Å². The van der Waals surface area contributed by atoms with Gasteiger partial charge in [0.05, 0.1) is 6.61 Å². The first-order valence-electron chi connectivity index (χ1n) is 9.29. The average molecular weight is 303 g/mol. The van der Waals surface area contributed by atoms with E-state index in [4.69, 9.17) is 4.74 Å². The third-order valence-electron chi connectivity index (χ3n) is 4.64. The molecule has 0 aromatic heterocycles. The van der Waals surface area contributed by atoms with Crippen LogP contribution in [-0.4, -0.2) is 24.2 Å². The summed E-state index contributed by atoms with van der Waals surface area (Å²) in [5, 5.41) is 0. The Morgan fingerprint density at radius 1 is 1.00 bits per heavy atom. The zero-order valence-corrected chi connectivity index (χ0v) is 14.3. The van der Waals surface area contributed by atoms with Crippen LogP contribution in [0, 0.1) is 0 Å². The number of likely N-dealkylation sites (tertiary alicyclic amines) is 1. The molecule has 2 nitrogen and oxygen atoms in total. The van der Waals surface area contributed by atoms with Gasteiger partial charge < -0.3 is 4.74 Å².